The average Bonchev–Trinajstić information content (AvgIpc) is 2.54. The fourth-order valence-electron chi connectivity index (χ4n) is 3.21. The number of hydrogen-bond donors (Lipinski definition) is 2. The Morgan fingerprint density at radius 1 is 1.20 bits per heavy atom. The van der Waals surface area contributed by atoms with Gasteiger partial charge in [0.05, 0.1) is 24.8 Å². The topological polar surface area (TPSA) is 70.7 Å². The first-order valence-corrected chi connectivity index (χ1v) is 8.81. The molecule has 6 nitrogen and oxygen atoms in total. The van der Waals surface area contributed by atoms with Gasteiger partial charge in [0, 0.05) is 18.8 Å². The number of nitrogens with one attached hydrogen (secondary N) is 2. The number of hydrogen-bond acceptors (Lipinski definition) is 4. The Bertz CT molecular complexity index is 602. The lowest BCUT2D eigenvalue weighted by Gasteiger charge is -2.38. The summed E-state index contributed by atoms with van der Waals surface area (Å²) in [5.41, 5.74) is 2.82. The van der Waals surface area contributed by atoms with Gasteiger partial charge in [-0.3, -0.25) is 14.5 Å². The number of carbonyl (C=O) groups excluding carboxylic acids is 2. The van der Waals surface area contributed by atoms with Crippen LogP contribution in [0.4, 0.5) is 5.69 Å². The van der Waals surface area contributed by atoms with E-state index >= 15 is 0 Å². The molecule has 0 unspecified atom stereocenters. The second kappa shape index (κ2) is 8.45. The molecule has 0 aliphatic carbocycles. The summed E-state index contributed by atoms with van der Waals surface area (Å²) in [5, 5.41) is 5.61. The SMILES string of the molecule is Cc1cccc(C)c1NC(=O)CNC(=O)[C@H](C)N1C[C@@H](C)O[C@@H](C)C1. The standard InChI is InChI=1S/C19H29N3O3/c1-12-7-6-8-13(2)18(12)21-17(23)9-20-19(24)16(5)22-10-14(3)25-15(4)11-22/h6-8,14-16H,9-11H2,1-5H3,(H,20,24)(H,21,23)/t14-,15+,16-/m0/s1. The van der Waals surface area contributed by atoms with E-state index in [-0.39, 0.29) is 36.6 Å². The van der Waals surface area contributed by atoms with Gasteiger partial charge < -0.3 is 15.4 Å². The van der Waals surface area contributed by atoms with E-state index in [0.29, 0.717) is 13.1 Å². The Kier molecular flexibility index (Phi) is 6.56. The van der Waals surface area contributed by atoms with E-state index in [4.69, 9.17) is 4.74 Å². The highest BCUT2D eigenvalue weighted by atomic mass is 16.5. The summed E-state index contributed by atoms with van der Waals surface area (Å²) >= 11 is 0. The lowest BCUT2D eigenvalue weighted by molar-refractivity contribution is -0.133. The number of para-hydroxylation sites is 1. The van der Waals surface area contributed by atoms with Crippen molar-refractivity contribution in [3.8, 4) is 0 Å². The Balaban J connectivity index is 1.85. The van der Waals surface area contributed by atoms with Crippen LogP contribution in [-0.4, -0.2) is 54.6 Å². The Labute approximate surface area is 149 Å². The molecule has 0 saturated carbocycles. The minimum absolute atomic E-state index is 0.0353. The molecular formula is C19H29N3O3. The first-order valence-electron chi connectivity index (χ1n) is 8.81. The molecule has 0 bridgehead atoms. The van der Waals surface area contributed by atoms with E-state index in [1.54, 1.807) is 0 Å². The van der Waals surface area contributed by atoms with Gasteiger partial charge in [0.15, 0.2) is 0 Å². The van der Waals surface area contributed by atoms with Crippen molar-refractivity contribution in [3.63, 3.8) is 0 Å². The molecule has 0 spiro atoms. The number of morpholine rings is 1. The van der Waals surface area contributed by atoms with Crippen LogP contribution in [0.1, 0.15) is 31.9 Å². The number of rotatable bonds is 5. The molecule has 6 heteroatoms. The maximum atomic E-state index is 12.4. The third-order valence-corrected chi connectivity index (χ3v) is 4.54. The Morgan fingerprint density at radius 3 is 2.32 bits per heavy atom. The first kappa shape index (κ1) is 19.4. The molecule has 1 aliphatic heterocycles. The highest BCUT2D eigenvalue weighted by Crippen LogP contribution is 2.19. The van der Waals surface area contributed by atoms with Gasteiger partial charge in [0.2, 0.25) is 11.8 Å². The number of carbonyl (C=O) groups is 2. The predicted octanol–water partition coefficient (Wildman–Crippen LogP) is 1.86. The normalized spacial score (nSPS) is 22.3. The summed E-state index contributed by atoms with van der Waals surface area (Å²) in [6, 6.07) is 5.56. The monoisotopic (exact) mass is 347 g/mol. The molecule has 25 heavy (non-hydrogen) atoms. The van der Waals surface area contributed by atoms with E-state index in [2.05, 4.69) is 15.5 Å². The molecule has 2 amide bonds. The van der Waals surface area contributed by atoms with Crippen molar-refractivity contribution in [1.82, 2.24) is 10.2 Å². The number of benzene rings is 1. The van der Waals surface area contributed by atoms with E-state index < -0.39 is 0 Å². The van der Waals surface area contributed by atoms with Gasteiger partial charge in [-0.25, -0.2) is 0 Å². The average molecular weight is 347 g/mol. The second-order valence-corrected chi connectivity index (χ2v) is 6.92. The molecule has 2 rings (SSSR count). The van der Waals surface area contributed by atoms with Gasteiger partial charge >= 0.3 is 0 Å². The van der Waals surface area contributed by atoms with Crippen LogP contribution in [-0.2, 0) is 14.3 Å². The van der Waals surface area contributed by atoms with Crippen molar-refractivity contribution in [3.05, 3.63) is 29.3 Å². The molecule has 1 fully saturated rings. The second-order valence-electron chi connectivity index (χ2n) is 6.92. The first-order chi connectivity index (χ1) is 11.8. The van der Waals surface area contributed by atoms with E-state index in [9.17, 15) is 9.59 Å². The van der Waals surface area contributed by atoms with Gasteiger partial charge in [-0.1, -0.05) is 18.2 Å². The van der Waals surface area contributed by atoms with Crippen LogP contribution in [0.5, 0.6) is 0 Å². The zero-order valence-electron chi connectivity index (χ0n) is 15.8. The summed E-state index contributed by atoms with van der Waals surface area (Å²) in [6.45, 7) is 11.2. The summed E-state index contributed by atoms with van der Waals surface area (Å²) in [4.78, 5) is 26.6. The maximum absolute atomic E-state index is 12.4. The van der Waals surface area contributed by atoms with Crippen LogP contribution in [0.15, 0.2) is 18.2 Å². The summed E-state index contributed by atoms with van der Waals surface area (Å²) < 4.78 is 5.70. The zero-order chi connectivity index (χ0) is 18.6. The van der Waals surface area contributed by atoms with E-state index in [1.807, 2.05) is 52.8 Å². The lowest BCUT2D eigenvalue weighted by Crippen LogP contribution is -2.54. The minimum Gasteiger partial charge on any atom is -0.373 e. The molecule has 3 atom stereocenters. The lowest BCUT2D eigenvalue weighted by atomic mass is 10.1. The molecule has 0 radical (unpaired) electrons. The van der Waals surface area contributed by atoms with E-state index in [1.165, 1.54) is 0 Å². The molecule has 2 N–H and O–H groups in total. The van der Waals surface area contributed by atoms with Gasteiger partial charge in [-0.05, 0) is 45.7 Å². The van der Waals surface area contributed by atoms with Gasteiger partial charge in [0.25, 0.3) is 0 Å². The highest BCUT2D eigenvalue weighted by Gasteiger charge is 2.29. The van der Waals surface area contributed by atoms with Crippen molar-refractivity contribution in [1.29, 1.82) is 0 Å². The van der Waals surface area contributed by atoms with Crippen LogP contribution in [0.3, 0.4) is 0 Å². The maximum Gasteiger partial charge on any atom is 0.243 e. The molecule has 1 aromatic carbocycles. The third-order valence-electron chi connectivity index (χ3n) is 4.54. The Hall–Kier alpha value is -1.92. The van der Waals surface area contributed by atoms with Crippen molar-refractivity contribution in [2.24, 2.45) is 0 Å². The highest BCUT2D eigenvalue weighted by molar-refractivity contribution is 5.96. The van der Waals surface area contributed by atoms with Crippen LogP contribution in [0.2, 0.25) is 0 Å². The van der Waals surface area contributed by atoms with Crippen LogP contribution in [0, 0.1) is 13.8 Å². The third kappa shape index (κ3) is 5.28. The number of amides is 2. The summed E-state index contributed by atoms with van der Waals surface area (Å²) in [5.74, 6) is -0.361. The zero-order valence-corrected chi connectivity index (χ0v) is 15.8. The minimum atomic E-state index is -0.290. The van der Waals surface area contributed by atoms with Crippen LogP contribution < -0.4 is 10.6 Å². The van der Waals surface area contributed by atoms with Gasteiger partial charge in [-0.2, -0.15) is 0 Å². The van der Waals surface area contributed by atoms with E-state index in [0.717, 1.165) is 16.8 Å². The molecule has 1 saturated heterocycles. The molecular weight excluding hydrogens is 318 g/mol. The Morgan fingerprint density at radius 2 is 1.76 bits per heavy atom. The predicted molar refractivity (Wildman–Crippen MR) is 98.6 cm³/mol. The fourth-order valence-corrected chi connectivity index (χ4v) is 3.21. The van der Waals surface area contributed by atoms with Crippen LogP contribution >= 0.6 is 0 Å². The van der Waals surface area contributed by atoms with Crippen molar-refractivity contribution >= 4 is 17.5 Å². The smallest absolute Gasteiger partial charge is 0.243 e. The molecule has 138 valence electrons. The van der Waals surface area contributed by atoms with Gasteiger partial charge in [0.1, 0.15) is 0 Å². The van der Waals surface area contributed by atoms with Crippen molar-refractivity contribution in [2.75, 3.05) is 25.0 Å². The summed E-state index contributed by atoms with van der Waals surface area (Å²) in [6.07, 6.45) is 0.206. The largest absolute Gasteiger partial charge is 0.373 e. The van der Waals surface area contributed by atoms with Crippen LogP contribution in [0.25, 0.3) is 0 Å². The quantitative estimate of drug-likeness (QED) is 0.853. The number of anilines is 1. The fraction of sp³-hybridized carbons (Fsp3) is 0.579. The van der Waals surface area contributed by atoms with Crippen molar-refractivity contribution in [2.45, 2.75) is 52.9 Å². The number of ether oxygens (including phenoxy) is 1. The molecule has 1 aliphatic rings. The molecule has 1 heterocycles. The number of aryl methyl sites for hydroxylation is 2. The van der Waals surface area contributed by atoms with Crippen molar-refractivity contribution < 1.29 is 14.3 Å². The molecule has 0 aromatic heterocycles. The summed E-state index contributed by atoms with van der Waals surface area (Å²) in [7, 11) is 0. The van der Waals surface area contributed by atoms with Gasteiger partial charge in [-0.15, -0.1) is 0 Å². The molecule has 1 aromatic rings. The number of nitrogens with zero attached hydrogens (tertiary/aromatic N) is 1.